The van der Waals surface area contributed by atoms with E-state index in [2.05, 4.69) is 16.0 Å². The summed E-state index contributed by atoms with van der Waals surface area (Å²) >= 11 is 0. The van der Waals surface area contributed by atoms with Crippen LogP contribution in [0.25, 0.3) is 0 Å². The Morgan fingerprint density at radius 2 is 1.57 bits per heavy atom. The molecule has 2 aromatic rings. The van der Waals surface area contributed by atoms with Gasteiger partial charge in [-0.25, -0.2) is 9.59 Å². The Labute approximate surface area is 177 Å². The predicted octanol–water partition coefficient (Wildman–Crippen LogP) is 3.39. The number of carbonyl (C=O) groups is 3. The number of aryl methyl sites for hydroxylation is 1. The van der Waals surface area contributed by atoms with Crippen LogP contribution in [0.4, 0.5) is 10.5 Å². The topological polar surface area (TPSA) is 96.5 Å². The second kappa shape index (κ2) is 11.0. The number of benzene rings is 2. The first-order valence-electron chi connectivity index (χ1n) is 9.92. The molecule has 3 amide bonds. The van der Waals surface area contributed by atoms with Crippen molar-refractivity contribution in [3.8, 4) is 0 Å². The molecule has 2 atom stereocenters. The fourth-order valence-corrected chi connectivity index (χ4v) is 2.67. The van der Waals surface area contributed by atoms with Crippen molar-refractivity contribution in [3.05, 3.63) is 65.7 Å². The van der Waals surface area contributed by atoms with E-state index in [9.17, 15) is 14.4 Å². The molecule has 0 unspecified atom stereocenters. The summed E-state index contributed by atoms with van der Waals surface area (Å²) in [7, 11) is 0. The molecule has 0 aliphatic rings. The fraction of sp³-hybridized carbons (Fsp3) is 0.348. The highest BCUT2D eigenvalue weighted by atomic mass is 16.5. The van der Waals surface area contributed by atoms with Crippen LogP contribution >= 0.6 is 0 Å². The third-order valence-corrected chi connectivity index (χ3v) is 4.49. The Balaban J connectivity index is 1.87. The second-order valence-corrected chi connectivity index (χ2v) is 7.47. The van der Waals surface area contributed by atoms with Crippen LogP contribution in [-0.2, 0) is 20.9 Å². The Hall–Kier alpha value is -3.35. The Bertz CT molecular complexity index is 851. The van der Waals surface area contributed by atoms with Gasteiger partial charge < -0.3 is 20.7 Å². The molecule has 3 N–H and O–H groups in total. The van der Waals surface area contributed by atoms with Crippen LogP contribution in [0.3, 0.4) is 0 Å². The SMILES string of the molecule is Cc1ccc(CNC(=O)[C@@H](C)OC(=O)[C@@H](NC(=O)Nc2ccccc2)C(C)C)cc1. The monoisotopic (exact) mass is 411 g/mol. The lowest BCUT2D eigenvalue weighted by Gasteiger charge is -2.23. The van der Waals surface area contributed by atoms with Gasteiger partial charge in [-0.3, -0.25) is 4.79 Å². The molecule has 7 heteroatoms. The lowest BCUT2D eigenvalue weighted by Crippen LogP contribution is -2.49. The highest BCUT2D eigenvalue weighted by Crippen LogP contribution is 2.09. The smallest absolute Gasteiger partial charge is 0.329 e. The average molecular weight is 412 g/mol. The molecule has 0 saturated carbocycles. The maximum Gasteiger partial charge on any atom is 0.329 e. The standard InChI is InChI=1S/C23H29N3O4/c1-15(2)20(26-23(29)25-19-8-6-5-7-9-19)22(28)30-17(4)21(27)24-14-18-12-10-16(3)11-13-18/h5-13,15,17,20H,14H2,1-4H3,(H,24,27)(H2,25,26,29)/t17-,20+/m1/s1. The summed E-state index contributed by atoms with van der Waals surface area (Å²) in [5.41, 5.74) is 2.69. The minimum Gasteiger partial charge on any atom is -0.451 e. The van der Waals surface area contributed by atoms with Crippen LogP contribution in [0, 0.1) is 12.8 Å². The van der Waals surface area contributed by atoms with E-state index in [4.69, 9.17) is 4.74 Å². The molecule has 30 heavy (non-hydrogen) atoms. The summed E-state index contributed by atoms with van der Waals surface area (Å²) in [6, 6.07) is 15.3. The first kappa shape index (κ1) is 22.9. The maximum absolute atomic E-state index is 12.6. The van der Waals surface area contributed by atoms with E-state index in [1.807, 2.05) is 37.3 Å². The van der Waals surface area contributed by atoms with Gasteiger partial charge in [0.2, 0.25) is 0 Å². The number of hydrogen-bond acceptors (Lipinski definition) is 4. The molecule has 2 rings (SSSR count). The quantitative estimate of drug-likeness (QED) is 0.580. The zero-order valence-electron chi connectivity index (χ0n) is 17.8. The largest absolute Gasteiger partial charge is 0.451 e. The van der Waals surface area contributed by atoms with E-state index in [1.54, 1.807) is 38.1 Å². The van der Waals surface area contributed by atoms with Crippen molar-refractivity contribution in [2.24, 2.45) is 5.92 Å². The van der Waals surface area contributed by atoms with Gasteiger partial charge in [0, 0.05) is 12.2 Å². The molecule has 0 spiro atoms. The van der Waals surface area contributed by atoms with E-state index in [-0.39, 0.29) is 5.92 Å². The van der Waals surface area contributed by atoms with Crippen molar-refractivity contribution in [1.82, 2.24) is 10.6 Å². The average Bonchev–Trinajstić information content (AvgIpc) is 2.71. The Morgan fingerprint density at radius 3 is 2.17 bits per heavy atom. The van der Waals surface area contributed by atoms with Gasteiger partial charge in [-0.05, 0) is 37.5 Å². The Morgan fingerprint density at radius 1 is 0.933 bits per heavy atom. The number of para-hydroxylation sites is 1. The molecule has 0 bridgehead atoms. The lowest BCUT2D eigenvalue weighted by molar-refractivity contribution is -0.157. The van der Waals surface area contributed by atoms with E-state index in [0.29, 0.717) is 12.2 Å². The molecule has 0 aromatic heterocycles. The second-order valence-electron chi connectivity index (χ2n) is 7.47. The number of amides is 3. The summed E-state index contributed by atoms with van der Waals surface area (Å²) in [4.78, 5) is 37.1. The molecule has 2 aromatic carbocycles. The van der Waals surface area contributed by atoms with Crippen molar-refractivity contribution in [1.29, 1.82) is 0 Å². The molecular weight excluding hydrogens is 382 g/mol. The molecule has 0 saturated heterocycles. The van der Waals surface area contributed by atoms with E-state index < -0.39 is 30.1 Å². The number of rotatable bonds is 8. The maximum atomic E-state index is 12.6. The normalized spacial score (nSPS) is 12.6. The zero-order chi connectivity index (χ0) is 22.1. The lowest BCUT2D eigenvalue weighted by atomic mass is 10.0. The molecular formula is C23H29N3O4. The van der Waals surface area contributed by atoms with Gasteiger partial charge in [-0.15, -0.1) is 0 Å². The number of anilines is 1. The summed E-state index contributed by atoms with van der Waals surface area (Å²) in [6.07, 6.45) is -0.983. The number of esters is 1. The van der Waals surface area contributed by atoms with Crippen molar-refractivity contribution < 1.29 is 19.1 Å². The van der Waals surface area contributed by atoms with Gasteiger partial charge in [-0.1, -0.05) is 61.9 Å². The summed E-state index contributed by atoms with van der Waals surface area (Å²) < 4.78 is 5.30. The number of urea groups is 1. The van der Waals surface area contributed by atoms with Crippen molar-refractivity contribution in [2.75, 3.05) is 5.32 Å². The fourth-order valence-electron chi connectivity index (χ4n) is 2.67. The summed E-state index contributed by atoms with van der Waals surface area (Å²) in [5, 5.41) is 8.03. The van der Waals surface area contributed by atoms with Gasteiger partial charge in [0.25, 0.3) is 5.91 Å². The molecule has 7 nitrogen and oxygen atoms in total. The van der Waals surface area contributed by atoms with Crippen molar-refractivity contribution in [2.45, 2.75) is 46.4 Å². The van der Waals surface area contributed by atoms with Crippen molar-refractivity contribution in [3.63, 3.8) is 0 Å². The van der Waals surface area contributed by atoms with Gasteiger partial charge >= 0.3 is 12.0 Å². The van der Waals surface area contributed by atoms with Gasteiger partial charge in [-0.2, -0.15) is 0 Å². The van der Waals surface area contributed by atoms with E-state index in [0.717, 1.165) is 11.1 Å². The van der Waals surface area contributed by atoms with E-state index in [1.165, 1.54) is 6.92 Å². The third kappa shape index (κ3) is 7.24. The van der Waals surface area contributed by atoms with Crippen LogP contribution in [0.1, 0.15) is 31.9 Å². The molecule has 160 valence electrons. The van der Waals surface area contributed by atoms with Crippen LogP contribution in [-0.4, -0.2) is 30.1 Å². The van der Waals surface area contributed by atoms with Gasteiger partial charge in [0.05, 0.1) is 0 Å². The Kier molecular flexibility index (Phi) is 8.41. The zero-order valence-corrected chi connectivity index (χ0v) is 17.8. The number of carbonyl (C=O) groups excluding carboxylic acids is 3. The number of nitrogens with one attached hydrogen (secondary N) is 3. The van der Waals surface area contributed by atoms with Crippen LogP contribution in [0.5, 0.6) is 0 Å². The molecule has 0 radical (unpaired) electrons. The first-order valence-corrected chi connectivity index (χ1v) is 9.92. The van der Waals surface area contributed by atoms with Crippen molar-refractivity contribution >= 4 is 23.6 Å². The third-order valence-electron chi connectivity index (χ3n) is 4.49. The van der Waals surface area contributed by atoms with Gasteiger partial charge in [0.1, 0.15) is 6.04 Å². The molecule has 0 aliphatic heterocycles. The summed E-state index contributed by atoms with van der Waals surface area (Å²) in [6.45, 7) is 7.41. The number of hydrogen-bond donors (Lipinski definition) is 3. The van der Waals surface area contributed by atoms with E-state index >= 15 is 0 Å². The highest BCUT2D eigenvalue weighted by Gasteiger charge is 2.29. The molecule has 0 fully saturated rings. The molecule has 0 aliphatic carbocycles. The van der Waals surface area contributed by atoms with Gasteiger partial charge in [0.15, 0.2) is 6.10 Å². The first-order chi connectivity index (χ1) is 14.3. The summed E-state index contributed by atoms with van der Waals surface area (Å²) in [5.74, 6) is -1.28. The minimum atomic E-state index is -0.983. The van der Waals surface area contributed by atoms with Crippen LogP contribution in [0.2, 0.25) is 0 Å². The molecule has 0 heterocycles. The van der Waals surface area contributed by atoms with Crippen LogP contribution in [0.15, 0.2) is 54.6 Å². The highest BCUT2D eigenvalue weighted by molar-refractivity contribution is 5.93. The minimum absolute atomic E-state index is 0.221. The predicted molar refractivity (Wildman–Crippen MR) is 116 cm³/mol. The van der Waals surface area contributed by atoms with Crippen LogP contribution < -0.4 is 16.0 Å². The number of ether oxygens (including phenoxy) is 1.